The minimum atomic E-state index is -0.401. The van der Waals surface area contributed by atoms with Gasteiger partial charge in [-0.2, -0.15) is 0 Å². The molecule has 8 nitrogen and oxygen atoms in total. The van der Waals surface area contributed by atoms with Gasteiger partial charge in [0.25, 0.3) is 11.4 Å². The van der Waals surface area contributed by atoms with Gasteiger partial charge in [0.15, 0.2) is 0 Å². The van der Waals surface area contributed by atoms with Crippen molar-refractivity contribution in [1.29, 1.82) is 0 Å². The van der Waals surface area contributed by atoms with E-state index in [-0.39, 0.29) is 11.4 Å². The lowest BCUT2D eigenvalue weighted by molar-refractivity contribution is -0.384. The van der Waals surface area contributed by atoms with Gasteiger partial charge >= 0.3 is 0 Å². The molecule has 0 unspecified atom stereocenters. The molecule has 5 aromatic carbocycles. The number of nitro groups is 2. The second-order valence-electron chi connectivity index (χ2n) is 9.03. The number of nitrogens with two attached hydrogens (primary N) is 1. The summed E-state index contributed by atoms with van der Waals surface area (Å²) in [4.78, 5) is 24.8. The Morgan fingerprint density at radius 2 is 1.03 bits per heavy atom. The minimum absolute atomic E-state index is 0.0422. The summed E-state index contributed by atoms with van der Waals surface area (Å²) in [6.45, 7) is 0. The number of nitro benzene ring substituents is 2. The molecule has 1 aromatic heterocycles. The Hall–Kier alpha value is -5.28. The van der Waals surface area contributed by atoms with E-state index in [1.54, 1.807) is 24.3 Å². The van der Waals surface area contributed by atoms with Crippen LogP contribution in [0.15, 0.2) is 109 Å². The van der Waals surface area contributed by atoms with Crippen molar-refractivity contribution in [3.05, 3.63) is 129 Å². The molecule has 0 atom stereocenters. The standard InChI is InChI=1S/C30H20N4O4S/c31-30-14-13-29(39-30)19-1-7-24(8-2-19)32(25-9-3-22-17-27(33(35)36)11-5-20(22)15-25)26-10-4-23-18-28(34(37)38)12-6-21(23)16-26/h1-18H,31H2. The molecule has 2 N–H and O–H groups in total. The van der Waals surface area contributed by atoms with Crippen molar-refractivity contribution in [2.24, 2.45) is 0 Å². The van der Waals surface area contributed by atoms with Crippen LogP contribution in [0.3, 0.4) is 0 Å². The molecule has 0 saturated carbocycles. The molecule has 6 rings (SSSR count). The molecule has 0 aliphatic carbocycles. The van der Waals surface area contributed by atoms with Crippen LogP contribution in [0.25, 0.3) is 32.0 Å². The quantitative estimate of drug-likeness (QED) is 0.170. The van der Waals surface area contributed by atoms with E-state index < -0.39 is 9.85 Å². The first-order valence-corrected chi connectivity index (χ1v) is 12.8. The Bertz CT molecular complexity index is 1800. The maximum atomic E-state index is 11.2. The van der Waals surface area contributed by atoms with Crippen LogP contribution in [-0.2, 0) is 0 Å². The SMILES string of the molecule is Nc1ccc(-c2ccc(N(c3ccc4cc([N+](=O)[O-])ccc4c3)c3ccc4cc([N+](=O)[O-])ccc4c3)cc2)s1. The molecule has 0 bridgehead atoms. The third kappa shape index (κ3) is 4.62. The zero-order valence-corrected chi connectivity index (χ0v) is 21.2. The topological polar surface area (TPSA) is 116 Å². The third-order valence-corrected chi connectivity index (χ3v) is 7.55. The largest absolute Gasteiger partial charge is 0.391 e. The number of rotatable bonds is 6. The first-order chi connectivity index (χ1) is 18.9. The fraction of sp³-hybridized carbons (Fsp3) is 0. The summed E-state index contributed by atoms with van der Waals surface area (Å²) >= 11 is 1.53. The average molecular weight is 533 g/mol. The fourth-order valence-electron chi connectivity index (χ4n) is 4.68. The van der Waals surface area contributed by atoms with Crippen molar-refractivity contribution in [3.63, 3.8) is 0 Å². The van der Waals surface area contributed by atoms with Crippen LogP contribution < -0.4 is 10.6 Å². The van der Waals surface area contributed by atoms with E-state index in [9.17, 15) is 20.2 Å². The number of thiophene rings is 1. The van der Waals surface area contributed by atoms with Crippen LogP contribution in [-0.4, -0.2) is 9.85 Å². The molecule has 0 saturated heterocycles. The molecule has 0 aliphatic heterocycles. The number of nitrogen functional groups attached to an aromatic ring is 1. The molecule has 190 valence electrons. The monoisotopic (exact) mass is 532 g/mol. The number of non-ortho nitro benzene ring substituents is 2. The Morgan fingerprint density at radius 3 is 1.49 bits per heavy atom. The Morgan fingerprint density at radius 1 is 0.564 bits per heavy atom. The highest BCUT2D eigenvalue weighted by atomic mass is 32.1. The first-order valence-electron chi connectivity index (χ1n) is 12.0. The number of benzene rings is 5. The maximum Gasteiger partial charge on any atom is 0.270 e. The predicted octanol–water partition coefficient (Wildman–Crippen LogP) is 8.59. The van der Waals surface area contributed by atoms with Crippen molar-refractivity contribution in [2.45, 2.75) is 0 Å². The van der Waals surface area contributed by atoms with Crippen LogP contribution in [0.5, 0.6) is 0 Å². The van der Waals surface area contributed by atoms with Gasteiger partial charge in [0.1, 0.15) is 0 Å². The summed E-state index contributed by atoms with van der Waals surface area (Å²) < 4.78 is 0. The molecule has 0 amide bonds. The fourth-order valence-corrected chi connectivity index (χ4v) is 5.46. The molecule has 9 heteroatoms. The Kier molecular flexibility index (Phi) is 5.90. The second kappa shape index (κ2) is 9.55. The van der Waals surface area contributed by atoms with Gasteiger partial charge in [0, 0.05) is 46.2 Å². The van der Waals surface area contributed by atoms with Gasteiger partial charge in [-0.1, -0.05) is 24.3 Å². The Labute approximate surface area is 226 Å². The number of fused-ring (bicyclic) bond motifs is 2. The molecule has 1 heterocycles. The maximum absolute atomic E-state index is 11.2. The number of hydrogen-bond acceptors (Lipinski definition) is 7. The predicted molar refractivity (Wildman–Crippen MR) is 157 cm³/mol. The van der Waals surface area contributed by atoms with E-state index in [0.29, 0.717) is 0 Å². The summed E-state index contributed by atoms with van der Waals surface area (Å²) in [6.07, 6.45) is 0. The highest BCUT2D eigenvalue weighted by molar-refractivity contribution is 7.19. The lowest BCUT2D eigenvalue weighted by Crippen LogP contribution is -2.10. The van der Waals surface area contributed by atoms with Crippen LogP contribution in [0.1, 0.15) is 0 Å². The first kappa shape index (κ1) is 24.1. The summed E-state index contributed by atoms with van der Waals surface area (Å²) in [5, 5.41) is 26.5. The molecule has 39 heavy (non-hydrogen) atoms. The second-order valence-corrected chi connectivity index (χ2v) is 10.1. The van der Waals surface area contributed by atoms with E-state index in [1.165, 1.54) is 23.5 Å². The van der Waals surface area contributed by atoms with E-state index in [4.69, 9.17) is 5.73 Å². The van der Waals surface area contributed by atoms with Crippen molar-refractivity contribution < 1.29 is 9.85 Å². The smallest absolute Gasteiger partial charge is 0.270 e. The van der Waals surface area contributed by atoms with Gasteiger partial charge in [-0.3, -0.25) is 20.2 Å². The zero-order chi connectivity index (χ0) is 27.1. The molecule has 0 spiro atoms. The van der Waals surface area contributed by atoms with E-state index >= 15 is 0 Å². The van der Waals surface area contributed by atoms with Gasteiger partial charge in [-0.15, -0.1) is 11.3 Å². The van der Waals surface area contributed by atoms with E-state index in [2.05, 4.69) is 4.90 Å². The molecule has 0 aliphatic rings. The number of nitrogens with zero attached hydrogens (tertiary/aromatic N) is 3. The van der Waals surface area contributed by atoms with Crippen molar-refractivity contribution in [3.8, 4) is 10.4 Å². The molecule has 0 fully saturated rings. The van der Waals surface area contributed by atoms with Gasteiger partial charge in [-0.25, -0.2) is 0 Å². The van der Waals surface area contributed by atoms with E-state index in [1.807, 2.05) is 72.8 Å². The van der Waals surface area contributed by atoms with Crippen LogP contribution in [0.2, 0.25) is 0 Å². The minimum Gasteiger partial charge on any atom is -0.391 e. The van der Waals surface area contributed by atoms with Crippen LogP contribution >= 0.6 is 11.3 Å². The van der Waals surface area contributed by atoms with Gasteiger partial charge in [0.05, 0.1) is 14.8 Å². The molecular weight excluding hydrogens is 512 g/mol. The average Bonchev–Trinajstić information content (AvgIpc) is 3.39. The lowest BCUT2D eigenvalue weighted by atomic mass is 10.0. The molecule has 6 aromatic rings. The lowest BCUT2D eigenvalue weighted by Gasteiger charge is -2.26. The summed E-state index contributed by atoms with van der Waals surface area (Å²) in [6, 6.07) is 33.3. The van der Waals surface area contributed by atoms with Crippen molar-refractivity contribution in [2.75, 3.05) is 10.6 Å². The van der Waals surface area contributed by atoms with Crippen molar-refractivity contribution in [1.82, 2.24) is 0 Å². The van der Waals surface area contributed by atoms with E-state index in [0.717, 1.165) is 54.0 Å². The number of hydrogen-bond donors (Lipinski definition) is 1. The normalized spacial score (nSPS) is 11.1. The zero-order valence-electron chi connectivity index (χ0n) is 20.4. The van der Waals surface area contributed by atoms with Gasteiger partial charge in [-0.05, 0) is 87.8 Å². The summed E-state index contributed by atoms with van der Waals surface area (Å²) in [5.41, 5.74) is 9.70. The molecular formula is C30H20N4O4S. The number of anilines is 4. The summed E-state index contributed by atoms with van der Waals surface area (Å²) in [7, 11) is 0. The van der Waals surface area contributed by atoms with Gasteiger partial charge < -0.3 is 10.6 Å². The van der Waals surface area contributed by atoms with Crippen molar-refractivity contribution >= 4 is 66.3 Å². The van der Waals surface area contributed by atoms with Crippen LogP contribution in [0.4, 0.5) is 33.4 Å². The highest BCUT2D eigenvalue weighted by Crippen LogP contribution is 2.39. The molecule has 0 radical (unpaired) electrons. The van der Waals surface area contributed by atoms with Crippen LogP contribution in [0, 0.1) is 20.2 Å². The Balaban J connectivity index is 1.48. The highest BCUT2D eigenvalue weighted by Gasteiger charge is 2.16. The van der Waals surface area contributed by atoms with Gasteiger partial charge in [0.2, 0.25) is 0 Å². The third-order valence-electron chi connectivity index (χ3n) is 6.59. The summed E-state index contributed by atoms with van der Waals surface area (Å²) in [5.74, 6) is 0.